The Labute approximate surface area is 166 Å². The van der Waals surface area contributed by atoms with Crippen molar-refractivity contribution >= 4 is 12.0 Å². The number of carbonyl (C=O) groups excluding carboxylic acids is 1. The zero-order chi connectivity index (χ0) is 20.4. The second kappa shape index (κ2) is 10.8. The third kappa shape index (κ3) is 5.88. The van der Waals surface area contributed by atoms with Gasteiger partial charge in [-0.3, -0.25) is 4.79 Å². The number of carbonyl (C=O) groups is 1. The van der Waals surface area contributed by atoms with Gasteiger partial charge in [-0.15, -0.1) is 0 Å². The van der Waals surface area contributed by atoms with Crippen molar-refractivity contribution in [1.82, 2.24) is 5.32 Å². The molecule has 0 bridgehead atoms. The van der Waals surface area contributed by atoms with E-state index >= 15 is 0 Å². The van der Waals surface area contributed by atoms with Crippen molar-refractivity contribution in [3.05, 3.63) is 65.2 Å². The summed E-state index contributed by atoms with van der Waals surface area (Å²) in [5.74, 6) is 0.803. The van der Waals surface area contributed by atoms with Crippen LogP contribution in [0.15, 0.2) is 54.1 Å². The number of rotatable bonds is 9. The summed E-state index contributed by atoms with van der Waals surface area (Å²) in [7, 11) is 1.58. The number of benzene rings is 2. The summed E-state index contributed by atoms with van der Waals surface area (Å²) in [6, 6.07) is 16.7. The predicted molar refractivity (Wildman–Crippen MR) is 110 cm³/mol. The van der Waals surface area contributed by atoms with E-state index in [1.807, 2.05) is 43.3 Å². The number of methoxy groups -OCH3 is 1. The van der Waals surface area contributed by atoms with Crippen LogP contribution in [0.25, 0.3) is 6.08 Å². The molecule has 5 nitrogen and oxygen atoms in total. The van der Waals surface area contributed by atoms with Crippen molar-refractivity contribution in [2.24, 2.45) is 0 Å². The van der Waals surface area contributed by atoms with Crippen LogP contribution in [0, 0.1) is 11.3 Å². The molecule has 1 atom stereocenters. The molecule has 2 aromatic rings. The van der Waals surface area contributed by atoms with Gasteiger partial charge in [-0.2, -0.15) is 5.26 Å². The first-order valence-electron chi connectivity index (χ1n) is 9.37. The number of nitriles is 1. The maximum atomic E-state index is 12.5. The Hall–Kier alpha value is -3.26. The van der Waals surface area contributed by atoms with Crippen molar-refractivity contribution in [3.8, 4) is 17.6 Å². The second-order valence-corrected chi connectivity index (χ2v) is 6.39. The fraction of sp³-hybridized carbons (Fsp3) is 0.304. The standard InChI is InChI=1S/C23H26N2O3/c1-4-5-13-28-22-15-18(11-12-21(22)27-3)14-20(16-24)23(26)25-17(2)19-9-7-6-8-10-19/h6-12,14-15,17H,4-5,13H2,1-3H3,(H,25,26)/b20-14+/t17-/m1/s1. The van der Waals surface area contributed by atoms with E-state index in [1.54, 1.807) is 31.4 Å². The molecule has 1 amide bonds. The number of nitrogens with one attached hydrogen (secondary N) is 1. The lowest BCUT2D eigenvalue weighted by Gasteiger charge is -2.14. The zero-order valence-corrected chi connectivity index (χ0v) is 16.6. The zero-order valence-electron chi connectivity index (χ0n) is 16.6. The molecule has 2 aromatic carbocycles. The number of hydrogen-bond acceptors (Lipinski definition) is 4. The fourth-order valence-electron chi connectivity index (χ4n) is 2.64. The van der Waals surface area contributed by atoms with Crippen LogP contribution in [0.1, 0.15) is 43.9 Å². The van der Waals surface area contributed by atoms with E-state index in [9.17, 15) is 10.1 Å². The Kier molecular flexibility index (Phi) is 8.11. The number of hydrogen-bond donors (Lipinski definition) is 1. The van der Waals surface area contributed by atoms with E-state index in [0.29, 0.717) is 23.7 Å². The average molecular weight is 378 g/mol. The summed E-state index contributed by atoms with van der Waals surface area (Å²) in [5.41, 5.74) is 1.71. The SMILES string of the molecule is CCCCOc1cc(/C=C(\C#N)C(=O)N[C@H](C)c2ccccc2)ccc1OC. The maximum absolute atomic E-state index is 12.5. The molecular weight excluding hydrogens is 352 g/mol. The smallest absolute Gasteiger partial charge is 0.262 e. The van der Waals surface area contributed by atoms with E-state index in [1.165, 1.54) is 0 Å². The number of unbranched alkanes of at least 4 members (excludes halogenated alkanes) is 1. The van der Waals surface area contributed by atoms with Gasteiger partial charge in [0, 0.05) is 0 Å². The second-order valence-electron chi connectivity index (χ2n) is 6.39. The predicted octanol–water partition coefficient (Wildman–Crippen LogP) is 4.66. The van der Waals surface area contributed by atoms with Gasteiger partial charge in [-0.25, -0.2) is 0 Å². The lowest BCUT2D eigenvalue weighted by atomic mass is 10.1. The summed E-state index contributed by atoms with van der Waals surface area (Å²) in [4.78, 5) is 12.5. The molecule has 0 radical (unpaired) electrons. The molecule has 5 heteroatoms. The highest BCUT2D eigenvalue weighted by molar-refractivity contribution is 6.01. The van der Waals surface area contributed by atoms with E-state index in [4.69, 9.17) is 9.47 Å². The van der Waals surface area contributed by atoms with Crippen molar-refractivity contribution in [2.75, 3.05) is 13.7 Å². The molecule has 0 saturated heterocycles. The number of amides is 1. The minimum Gasteiger partial charge on any atom is -0.493 e. The summed E-state index contributed by atoms with van der Waals surface area (Å²) in [6.07, 6.45) is 3.52. The van der Waals surface area contributed by atoms with Crippen LogP contribution < -0.4 is 14.8 Å². The van der Waals surface area contributed by atoms with Crippen LogP contribution >= 0.6 is 0 Å². The summed E-state index contributed by atoms with van der Waals surface area (Å²) in [5, 5.41) is 12.3. The third-order valence-corrected chi connectivity index (χ3v) is 4.27. The first-order chi connectivity index (χ1) is 13.6. The Morgan fingerprint density at radius 2 is 1.96 bits per heavy atom. The van der Waals surface area contributed by atoms with Crippen molar-refractivity contribution in [2.45, 2.75) is 32.7 Å². The molecule has 2 rings (SSSR count). The molecule has 0 unspecified atom stereocenters. The Morgan fingerprint density at radius 1 is 1.21 bits per heavy atom. The van der Waals surface area contributed by atoms with Gasteiger partial charge in [-0.1, -0.05) is 49.7 Å². The van der Waals surface area contributed by atoms with Gasteiger partial charge in [0.05, 0.1) is 19.8 Å². The third-order valence-electron chi connectivity index (χ3n) is 4.27. The largest absolute Gasteiger partial charge is 0.493 e. The number of ether oxygens (including phenoxy) is 2. The van der Waals surface area contributed by atoms with Crippen LogP contribution in [0.5, 0.6) is 11.5 Å². The molecule has 0 spiro atoms. The van der Waals surface area contributed by atoms with E-state index in [2.05, 4.69) is 12.2 Å². The van der Waals surface area contributed by atoms with Crippen LogP contribution in [0.2, 0.25) is 0 Å². The number of nitrogens with zero attached hydrogens (tertiary/aromatic N) is 1. The van der Waals surface area contributed by atoms with Crippen molar-refractivity contribution in [1.29, 1.82) is 5.26 Å². The molecule has 0 aliphatic heterocycles. The van der Waals surface area contributed by atoms with Gasteiger partial charge >= 0.3 is 0 Å². The molecule has 0 fully saturated rings. The van der Waals surface area contributed by atoms with Gasteiger partial charge < -0.3 is 14.8 Å². The summed E-state index contributed by atoms with van der Waals surface area (Å²) in [6.45, 7) is 4.56. The first kappa shape index (κ1) is 21.0. The molecule has 0 aliphatic carbocycles. The highest BCUT2D eigenvalue weighted by Crippen LogP contribution is 2.29. The molecular formula is C23H26N2O3. The van der Waals surface area contributed by atoms with Crippen LogP contribution in [-0.4, -0.2) is 19.6 Å². The van der Waals surface area contributed by atoms with Crippen molar-refractivity contribution < 1.29 is 14.3 Å². The molecule has 0 aromatic heterocycles. The topological polar surface area (TPSA) is 71.3 Å². The van der Waals surface area contributed by atoms with Crippen molar-refractivity contribution in [3.63, 3.8) is 0 Å². The summed E-state index contributed by atoms with van der Waals surface area (Å²) < 4.78 is 11.1. The van der Waals surface area contributed by atoms with Crippen LogP contribution in [-0.2, 0) is 4.79 Å². The van der Waals surface area contributed by atoms with Gasteiger partial charge in [0.2, 0.25) is 0 Å². The minimum absolute atomic E-state index is 0.0347. The molecule has 0 aliphatic rings. The fourth-order valence-corrected chi connectivity index (χ4v) is 2.64. The molecule has 0 heterocycles. The lowest BCUT2D eigenvalue weighted by molar-refractivity contribution is -0.117. The lowest BCUT2D eigenvalue weighted by Crippen LogP contribution is -2.27. The van der Waals surface area contributed by atoms with Gasteiger partial charge in [0.15, 0.2) is 11.5 Å². The average Bonchev–Trinajstić information content (AvgIpc) is 2.72. The quantitative estimate of drug-likeness (QED) is 0.391. The van der Waals surface area contributed by atoms with E-state index in [0.717, 1.165) is 18.4 Å². The molecule has 1 N–H and O–H groups in total. The first-order valence-corrected chi connectivity index (χ1v) is 9.37. The Morgan fingerprint density at radius 3 is 2.61 bits per heavy atom. The minimum atomic E-state index is -0.414. The van der Waals surface area contributed by atoms with Crippen LogP contribution in [0.3, 0.4) is 0 Å². The summed E-state index contributed by atoms with van der Waals surface area (Å²) >= 11 is 0. The van der Waals surface area contributed by atoms with Gasteiger partial charge in [0.25, 0.3) is 5.91 Å². The normalized spacial score (nSPS) is 12.0. The van der Waals surface area contributed by atoms with Gasteiger partial charge in [0.1, 0.15) is 11.6 Å². The highest BCUT2D eigenvalue weighted by Gasteiger charge is 2.14. The van der Waals surface area contributed by atoms with E-state index < -0.39 is 5.91 Å². The Bertz CT molecular complexity index is 854. The maximum Gasteiger partial charge on any atom is 0.262 e. The molecule has 0 saturated carbocycles. The molecule has 146 valence electrons. The monoisotopic (exact) mass is 378 g/mol. The Balaban J connectivity index is 2.17. The highest BCUT2D eigenvalue weighted by atomic mass is 16.5. The van der Waals surface area contributed by atoms with E-state index in [-0.39, 0.29) is 11.6 Å². The van der Waals surface area contributed by atoms with Gasteiger partial charge in [-0.05, 0) is 42.7 Å². The van der Waals surface area contributed by atoms with Crippen LogP contribution in [0.4, 0.5) is 0 Å². The molecule has 28 heavy (non-hydrogen) atoms.